The lowest BCUT2D eigenvalue weighted by Gasteiger charge is -2.06. The van der Waals surface area contributed by atoms with E-state index in [1.54, 1.807) is 13.1 Å². The summed E-state index contributed by atoms with van der Waals surface area (Å²) >= 11 is 0. The van der Waals surface area contributed by atoms with Crippen LogP contribution >= 0.6 is 0 Å². The van der Waals surface area contributed by atoms with E-state index in [-0.39, 0.29) is 12.1 Å². The standard InChI is InChI=1S/C13H16N2O3/c1-2-17-13(16)12-9-11(18-15-12)7-6-10-5-3-4-8-14-10/h3-5,8,11H,2,6-7,9H2,1H3. The van der Waals surface area contributed by atoms with Gasteiger partial charge in [-0.15, -0.1) is 0 Å². The molecular weight excluding hydrogens is 232 g/mol. The van der Waals surface area contributed by atoms with Crippen LogP contribution in [0.2, 0.25) is 0 Å². The van der Waals surface area contributed by atoms with Crippen LogP contribution in [0.3, 0.4) is 0 Å². The van der Waals surface area contributed by atoms with E-state index in [2.05, 4.69) is 10.1 Å². The molecule has 1 atom stereocenters. The van der Waals surface area contributed by atoms with Gasteiger partial charge < -0.3 is 9.57 Å². The van der Waals surface area contributed by atoms with Gasteiger partial charge in [0, 0.05) is 18.3 Å². The molecule has 0 N–H and O–H groups in total. The van der Waals surface area contributed by atoms with Gasteiger partial charge in [0.2, 0.25) is 0 Å². The van der Waals surface area contributed by atoms with Gasteiger partial charge in [0.1, 0.15) is 6.10 Å². The number of carbonyl (C=O) groups is 1. The Morgan fingerprint density at radius 1 is 1.56 bits per heavy atom. The van der Waals surface area contributed by atoms with Gasteiger partial charge in [-0.05, 0) is 31.9 Å². The Kier molecular flexibility index (Phi) is 4.28. The third kappa shape index (κ3) is 3.29. The first kappa shape index (κ1) is 12.5. The number of aryl methyl sites for hydroxylation is 1. The normalized spacial score (nSPS) is 18.1. The van der Waals surface area contributed by atoms with Gasteiger partial charge in [0.25, 0.3) is 0 Å². The molecule has 1 unspecified atom stereocenters. The van der Waals surface area contributed by atoms with Crippen molar-refractivity contribution in [3.05, 3.63) is 30.1 Å². The SMILES string of the molecule is CCOC(=O)C1=NOC(CCc2ccccn2)C1. The van der Waals surface area contributed by atoms with Gasteiger partial charge in [0.05, 0.1) is 6.61 Å². The maximum Gasteiger partial charge on any atom is 0.356 e. The predicted molar refractivity (Wildman–Crippen MR) is 66.1 cm³/mol. The summed E-state index contributed by atoms with van der Waals surface area (Å²) in [6.07, 6.45) is 3.85. The van der Waals surface area contributed by atoms with Crippen molar-refractivity contribution in [1.82, 2.24) is 4.98 Å². The molecule has 5 heteroatoms. The van der Waals surface area contributed by atoms with Crippen molar-refractivity contribution >= 4 is 11.7 Å². The fourth-order valence-corrected chi connectivity index (χ4v) is 1.77. The van der Waals surface area contributed by atoms with Crippen LogP contribution in [0.15, 0.2) is 29.6 Å². The van der Waals surface area contributed by atoms with Crippen molar-refractivity contribution in [3.63, 3.8) is 0 Å². The fraction of sp³-hybridized carbons (Fsp3) is 0.462. The van der Waals surface area contributed by atoms with E-state index >= 15 is 0 Å². The smallest absolute Gasteiger partial charge is 0.356 e. The number of pyridine rings is 1. The fourth-order valence-electron chi connectivity index (χ4n) is 1.77. The van der Waals surface area contributed by atoms with Crippen LogP contribution in [0.25, 0.3) is 0 Å². The van der Waals surface area contributed by atoms with Gasteiger partial charge in [-0.1, -0.05) is 11.2 Å². The van der Waals surface area contributed by atoms with Crippen LogP contribution in [-0.4, -0.2) is 29.4 Å². The number of nitrogens with zero attached hydrogens (tertiary/aromatic N) is 2. The van der Waals surface area contributed by atoms with E-state index < -0.39 is 0 Å². The van der Waals surface area contributed by atoms with Crippen LogP contribution in [0.1, 0.15) is 25.5 Å². The monoisotopic (exact) mass is 248 g/mol. The van der Waals surface area contributed by atoms with Crippen LogP contribution in [-0.2, 0) is 20.8 Å². The molecule has 1 aromatic heterocycles. The zero-order valence-electron chi connectivity index (χ0n) is 10.3. The molecule has 0 saturated heterocycles. The molecule has 0 amide bonds. The lowest BCUT2D eigenvalue weighted by Crippen LogP contribution is -2.18. The van der Waals surface area contributed by atoms with Crippen molar-refractivity contribution in [2.24, 2.45) is 5.16 Å². The highest BCUT2D eigenvalue weighted by molar-refractivity contribution is 6.36. The summed E-state index contributed by atoms with van der Waals surface area (Å²) in [6.45, 7) is 2.13. The molecule has 2 rings (SSSR count). The zero-order valence-corrected chi connectivity index (χ0v) is 10.3. The number of oxime groups is 1. The van der Waals surface area contributed by atoms with Gasteiger partial charge in [-0.2, -0.15) is 0 Å². The summed E-state index contributed by atoms with van der Waals surface area (Å²) in [4.78, 5) is 20.9. The number of hydrogen-bond donors (Lipinski definition) is 0. The molecule has 0 bridgehead atoms. The summed E-state index contributed by atoms with van der Waals surface area (Å²) in [5.41, 5.74) is 1.40. The van der Waals surface area contributed by atoms with Crippen LogP contribution < -0.4 is 0 Å². The van der Waals surface area contributed by atoms with Gasteiger partial charge in [-0.3, -0.25) is 4.98 Å². The first-order chi connectivity index (χ1) is 8.79. The van der Waals surface area contributed by atoms with Gasteiger partial charge in [0.15, 0.2) is 5.71 Å². The molecule has 0 aromatic carbocycles. The first-order valence-corrected chi connectivity index (χ1v) is 6.09. The molecule has 18 heavy (non-hydrogen) atoms. The van der Waals surface area contributed by atoms with Crippen LogP contribution in [0.5, 0.6) is 0 Å². The molecule has 1 aliphatic rings. The van der Waals surface area contributed by atoms with Crippen LogP contribution in [0.4, 0.5) is 0 Å². The highest BCUT2D eigenvalue weighted by Gasteiger charge is 2.26. The average molecular weight is 248 g/mol. The number of hydrogen-bond acceptors (Lipinski definition) is 5. The second-order valence-corrected chi connectivity index (χ2v) is 4.05. The Labute approximate surface area is 106 Å². The van der Waals surface area contributed by atoms with Crippen molar-refractivity contribution < 1.29 is 14.4 Å². The minimum atomic E-state index is -0.377. The zero-order chi connectivity index (χ0) is 12.8. The number of esters is 1. The van der Waals surface area contributed by atoms with E-state index in [0.29, 0.717) is 18.7 Å². The number of rotatable bonds is 5. The molecular formula is C13H16N2O3. The summed E-state index contributed by atoms with van der Waals surface area (Å²) in [6, 6.07) is 5.82. The first-order valence-electron chi connectivity index (χ1n) is 6.09. The van der Waals surface area contributed by atoms with Gasteiger partial charge in [-0.25, -0.2) is 4.79 Å². The van der Waals surface area contributed by atoms with Crippen molar-refractivity contribution in [1.29, 1.82) is 0 Å². The highest BCUT2D eigenvalue weighted by atomic mass is 16.6. The van der Waals surface area contributed by atoms with Crippen molar-refractivity contribution in [2.45, 2.75) is 32.3 Å². The van der Waals surface area contributed by atoms with Gasteiger partial charge >= 0.3 is 5.97 Å². The predicted octanol–water partition coefficient (Wildman–Crippen LogP) is 1.72. The number of aromatic nitrogens is 1. The number of carbonyl (C=O) groups excluding carboxylic acids is 1. The number of ether oxygens (including phenoxy) is 1. The third-order valence-corrected chi connectivity index (χ3v) is 2.69. The Balaban J connectivity index is 1.76. The Morgan fingerprint density at radius 2 is 2.44 bits per heavy atom. The molecule has 0 saturated carbocycles. The molecule has 2 heterocycles. The second-order valence-electron chi connectivity index (χ2n) is 4.05. The van der Waals surface area contributed by atoms with E-state index in [9.17, 15) is 4.79 Å². The summed E-state index contributed by atoms with van der Waals surface area (Å²) in [5.74, 6) is -0.377. The minimum Gasteiger partial charge on any atom is -0.461 e. The third-order valence-electron chi connectivity index (χ3n) is 2.69. The molecule has 0 spiro atoms. The lowest BCUT2D eigenvalue weighted by molar-refractivity contribution is -0.135. The van der Waals surface area contributed by atoms with Crippen molar-refractivity contribution in [3.8, 4) is 0 Å². The second kappa shape index (κ2) is 6.14. The average Bonchev–Trinajstić information content (AvgIpc) is 2.87. The molecule has 5 nitrogen and oxygen atoms in total. The Bertz CT molecular complexity index is 431. The Hall–Kier alpha value is -1.91. The molecule has 0 aliphatic carbocycles. The summed E-state index contributed by atoms with van der Waals surface area (Å²) in [7, 11) is 0. The van der Waals surface area contributed by atoms with Crippen LogP contribution in [0, 0.1) is 0 Å². The molecule has 1 aliphatic heterocycles. The lowest BCUT2D eigenvalue weighted by atomic mass is 10.1. The van der Waals surface area contributed by atoms with E-state index in [1.807, 2.05) is 18.2 Å². The van der Waals surface area contributed by atoms with E-state index in [1.165, 1.54) is 0 Å². The molecule has 1 aromatic rings. The molecule has 96 valence electrons. The largest absolute Gasteiger partial charge is 0.461 e. The quantitative estimate of drug-likeness (QED) is 0.744. The van der Waals surface area contributed by atoms with Crippen molar-refractivity contribution in [2.75, 3.05) is 6.61 Å². The van der Waals surface area contributed by atoms with E-state index in [4.69, 9.17) is 9.57 Å². The topological polar surface area (TPSA) is 60.8 Å². The maximum atomic E-state index is 11.4. The molecule has 0 radical (unpaired) electrons. The minimum absolute atomic E-state index is 0.0496. The Morgan fingerprint density at radius 3 is 3.17 bits per heavy atom. The maximum absolute atomic E-state index is 11.4. The van der Waals surface area contributed by atoms with E-state index in [0.717, 1.165) is 18.5 Å². The summed E-state index contributed by atoms with van der Waals surface area (Å²) in [5, 5.41) is 3.77. The summed E-state index contributed by atoms with van der Waals surface area (Å²) < 4.78 is 4.87. The highest BCUT2D eigenvalue weighted by Crippen LogP contribution is 2.16. The molecule has 0 fully saturated rings.